The van der Waals surface area contributed by atoms with E-state index in [-0.39, 0.29) is 12.4 Å². The maximum Gasteiger partial charge on any atom is 0.124 e. The van der Waals surface area contributed by atoms with Crippen molar-refractivity contribution in [2.75, 3.05) is 19.8 Å². The summed E-state index contributed by atoms with van der Waals surface area (Å²) in [6, 6.07) is 4.28. The predicted molar refractivity (Wildman–Crippen MR) is 64.4 cm³/mol. The summed E-state index contributed by atoms with van der Waals surface area (Å²) >= 11 is 0. The molecule has 1 aromatic carbocycles. The fraction of sp³-hybridized carbons (Fsp3) is 0.538. The van der Waals surface area contributed by atoms with Crippen molar-refractivity contribution in [2.24, 2.45) is 5.92 Å². The highest BCUT2D eigenvalue weighted by Gasteiger charge is 2.05. The lowest BCUT2D eigenvalue weighted by Gasteiger charge is -2.12. The zero-order valence-electron chi connectivity index (χ0n) is 10.3. The molecule has 96 valence electrons. The summed E-state index contributed by atoms with van der Waals surface area (Å²) in [6.45, 7) is 5.02. The van der Waals surface area contributed by atoms with E-state index in [1.165, 1.54) is 18.2 Å². The first kappa shape index (κ1) is 13.9. The van der Waals surface area contributed by atoms with E-state index in [1.54, 1.807) is 0 Å². The van der Waals surface area contributed by atoms with Gasteiger partial charge in [0, 0.05) is 12.1 Å². The third-order valence-corrected chi connectivity index (χ3v) is 2.23. The standard InChI is InChI=1S/C13H19F2NO/c1-10(2)8-16-9-11-7-12(15)3-4-13(11)17-6-5-14/h3-4,7,10,16H,5-6,8-9H2,1-2H3. The molecule has 1 aromatic rings. The van der Waals surface area contributed by atoms with Crippen LogP contribution in [0.2, 0.25) is 0 Å². The molecule has 0 aliphatic carbocycles. The van der Waals surface area contributed by atoms with Crippen LogP contribution in [-0.4, -0.2) is 19.8 Å². The summed E-state index contributed by atoms with van der Waals surface area (Å²) in [5, 5.41) is 3.20. The van der Waals surface area contributed by atoms with Crippen LogP contribution in [0, 0.1) is 11.7 Å². The van der Waals surface area contributed by atoms with Crippen molar-refractivity contribution in [3.8, 4) is 5.75 Å². The number of rotatable bonds is 7. The highest BCUT2D eigenvalue weighted by Crippen LogP contribution is 2.19. The second-order valence-electron chi connectivity index (χ2n) is 4.31. The van der Waals surface area contributed by atoms with E-state index in [9.17, 15) is 8.78 Å². The quantitative estimate of drug-likeness (QED) is 0.795. The van der Waals surface area contributed by atoms with E-state index < -0.39 is 6.67 Å². The topological polar surface area (TPSA) is 21.3 Å². The minimum absolute atomic E-state index is 0.00279. The van der Waals surface area contributed by atoms with Gasteiger partial charge in [-0.3, -0.25) is 0 Å². The van der Waals surface area contributed by atoms with E-state index in [1.807, 2.05) is 0 Å². The van der Waals surface area contributed by atoms with Gasteiger partial charge >= 0.3 is 0 Å². The molecule has 0 saturated carbocycles. The zero-order valence-corrected chi connectivity index (χ0v) is 10.3. The summed E-state index contributed by atoms with van der Waals surface area (Å²) in [6.07, 6.45) is 0. The van der Waals surface area contributed by atoms with Crippen molar-refractivity contribution < 1.29 is 13.5 Å². The number of ether oxygens (including phenoxy) is 1. The van der Waals surface area contributed by atoms with Gasteiger partial charge in [-0.05, 0) is 30.7 Å². The van der Waals surface area contributed by atoms with Crippen molar-refractivity contribution in [1.29, 1.82) is 0 Å². The minimum Gasteiger partial charge on any atom is -0.491 e. The fourth-order valence-corrected chi connectivity index (χ4v) is 1.47. The number of alkyl halides is 1. The summed E-state index contributed by atoms with van der Waals surface area (Å²) in [4.78, 5) is 0. The Morgan fingerprint density at radius 3 is 2.76 bits per heavy atom. The molecule has 2 nitrogen and oxygen atoms in total. The Bertz CT molecular complexity index is 342. The van der Waals surface area contributed by atoms with Crippen LogP contribution >= 0.6 is 0 Å². The second-order valence-corrected chi connectivity index (χ2v) is 4.31. The first-order valence-electron chi connectivity index (χ1n) is 5.81. The van der Waals surface area contributed by atoms with Crippen LogP contribution < -0.4 is 10.1 Å². The first-order chi connectivity index (χ1) is 8.13. The summed E-state index contributed by atoms with van der Waals surface area (Å²) < 4.78 is 30.3. The number of nitrogens with one attached hydrogen (secondary N) is 1. The smallest absolute Gasteiger partial charge is 0.124 e. The Balaban J connectivity index is 2.62. The van der Waals surface area contributed by atoms with Gasteiger partial charge in [-0.1, -0.05) is 13.8 Å². The third kappa shape index (κ3) is 5.13. The van der Waals surface area contributed by atoms with Gasteiger partial charge in [0.15, 0.2) is 0 Å². The number of benzene rings is 1. The van der Waals surface area contributed by atoms with E-state index in [0.29, 0.717) is 18.2 Å². The van der Waals surface area contributed by atoms with Crippen molar-refractivity contribution >= 4 is 0 Å². The molecular formula is C13H19F2NO. The molecule has 4 heteroatoms. The highest BCUT2D eigenvalue weighted by atomic mass is 19.1. The van der Waals surface area contributed by atoms with Gasteiger partial charge < -0.3 is 10.1 Å². The zero-order chi connectivity index (χ0) is 12.7. The SMILES string of the molecule is CC(C)CNCc1cc(F)ccc1OCCF. The number of hydrogen-bond acceptors (Lipinski definition) is 2. The molecule has 0 bridgehead atoms. The Hall–Kier alpha value is -1.16. The molecule has 0 heterocycles. The lowest BCUT2D eigenvalue weighted by atomic mass is 10.1. The van der Waals surface area contributed by atoms with Crippen molar-refractivity contribution in [1.82, 2.24) is 5.32 Å². The molecule has 0 radical (unpaired) electrons. The lowest BCUT2D eigenvalue weighted by molar-refractivity contribution is 0.270. The molecule has 1 N–H and O–H groups in total. The second kappa shape index (κ2) is 7.22. The largest absolute Gasteiger partial charge is 0.491 e. The maximum absolute atomic E-state index is 13.1. The Kier molecular flexibility index (Phi) is 5.91. The average molecular weight is 243 g/mol. The molecule has 0 spiro atoms. The lowest BCUT2D eigenvalue weighted by Crippen LogP contribution is -2.19. The molecule has 0 amide bonds. The van der Waals surface area contributed by atoms with Gasteiger partial charge in [-0.15, -0.1) is 0 Å². The molecule has 0 saturated heterocycles. The van der Waals surface area contributed by atoms with Crippen LogP contribution in [0.15, 0.2) is 18.2 Å². The Labute approximate surface area is 101 Å². The van der Waals surface area contributed by atoms with Gasteiger partial charge in [0.05, 0.1) is 0 Å². The first-order valence-corrected chi connectivity index (χ1v) is 5.81. The summed E-state index contributed by atoms with van der Waals surface area (Å²) in [5.41, 5.74) is 0.721. The van der Waals surface area contributed by atoms with Crippen LogP contribution in [0.25, 0.3) is 0 Å². The molecule has 0 aliphatic heterocycles. The maximum atomic E-state index is 13.1. The Morgan fingerprint density at radius 2 is 2.12 bits per heavy atom. The Morgan fingerprint density at radius 1 is 1.35 bits per heavy atom. The normalized spacial score (nSPS) is 10.9. The molecule has 1 rings (SSSR count). The summed E-state index contributed by atoms with van der Waals surface area (Å²) in [7, 11) is 0. The van der Waals surface area contributed by atoms with Crippen LogP contribution in [-0.2, 0) is 6.54 Å². The average Bonchev–Trinajstić information content (AvgIpc) is 2.27. The fourth-order valence-electron chi connectivity index (χ4n) is 1.47. The molecule has 0 aliphatic rings. The molecule has 0 fully saturated rings. The van der Waals surface area contributed by atoms with Crippen molar-refractivity contribution in [2.45, 2.75) is 20.4 Å². The van der Waals surface area contributed by atoms with Gasteiger partial charge in [0.1, 0.15) is 24.8 Å². The number of halogens is 2. The van der Waals surface area contributed by atoms with Crippen LogP contribution in [0.1, 0.15) is 19.4 Å². The van der Waals surface area contributed by atoms with Crippen LogP contribution in [0.5, 0.6) is 5.75 Å². The molecular weight excluding hydrogens is 224 g/mol. The van der Waals surface area contributed by atoms with Gasteiger partial charge in [-0.25, -0.2) is 8.78 Å². The van der Waals surface area contributed by atoms with E-state index in [2.05, 4.69) is 19.2 Å². The van der Waals surface area contributed by atoms with Crippen LogP contribution in [0.3, 0.4) is 0 Å². The molecule has 0 atom stereocenters. The molecule has 17 heavy (non-hydrogen) atoms. The van der Waals surface area contributed by atoms with Gasteiger partial charge in [0.2, 0.25) is 0 Å². The predicted octanol–water partition coefficient (Wildman–Crippen LogP) is 2.92. The van der Waals surface area contributed by atoms with Crippen molar-refractivity contribution in [3.05, 3.63) is 29.6 Å². The molecule has 0 unspecified atom stereocenters. The monoisotopic (exact) mass is 243 g/mol. The summed E-state index contributed by atoms with van der Waals surface area (Å²) in [5.74, 6) is 0.762. The van der Waals surface area contributed by atoms with Crippen molar-refractivity contribution in [3.63, 3.8) is 0 Å². The van der Waals surface area contributed by atoms with E-state index in [0.717, 1.165) is 12.1 Å². The third-order valence-electron chi connectivity index (χ3n) is 2.23. The molecule has 0 aromatic heterocycles. The van der Waals surface area contributed by atoms with Gasteiger partial charge in [-0.2, -0.15) is 0 Å². The number of hydrogen-bond donors (Lipinski definition) is 1. The van der Waals surface area contributed by atoms with Crippen LogP contribution in [0.4, 0.5) is 8.78 Å². The van der Waals surface area contributed by atoms with E-state index >= 15 is 0 Å². The van der Waals surface area contributed by atoms with Gasteiger partial charge in [0.25, 0.3) is 0 Å². The van der Waals surface area contributed by atoms with E-state index in [4.69, 9.17) is 4.74 Å². The highest BCUT2D eigenvalue weighted by molar-refractivity contribution is 5.33. The minimum atomic E-state index is -0.545.